The lowest BCUT2D eigenvalue weighted by Crippen LogP contribution is -2.29. The van der Waals surface area contributed by atoms with E-state index in [1.807, 2.05) is 23.5 Å². The second-order valence-electron chi connectivity index (χ2n) is 3.80. The number of imide groups is 1. The fourth-order valence-electron chi connectivity index (χ4n) is 1.75. The minimum Gasteiger partial charge on any atom is -0.282 e. The van der Waals surface area contributed by atoms with Gasteiger partial charge in [0.25, 0.3) is 0 Å². The Morgan fingerprint density at radius 1 is 1.12 bits per heavy atom. The highest BCUT2D eigenvalue weighted by molar-refractivity contribution is 8.22. The highest BCUT2D eigenvalue weighted by Gasteiger charge is 2.27. The Hall–Kier alpha value is -0.420. The first-order chi connectivity index (χ1) is 7.77. The van der Waals surface area contributed by atoms with E-state index >= 15 is 0 Å². The van der Waals surface area contributed by atoms with Crippen molar-refractivity contribution in [1.29, 1.82) is 0 Å². The molecule has 16 heavy (non-hydrogen) atoms. The smallest absolute Gasteiger partial charge is 0.229 e. The zero-order valence-corrected chi connectivity index (χ0v) is 10.7. The summed E-state index contributed by atoms with van der Waals surface area (Å²) in [4.78, 5) is 24.1. The van der Waals surface area contributed by atoms with Gasteiger partial charge in [0.05, 0.1) is 0 Å². The normalized spacial score (nSPS) is 21.8. The van der Waals surface area contributed by atoms with E-state index in [1.54, 1.807) is 0 Å². The van der Waals surface area contributed by atoms with Crippen LogP contribution in [0, 0.1) is 0 Å². The van der Waals surface area contributed by atoms with Gasteiger partial charge in [0, 0.05) is 23.6 Å². The van der Waals surface area contributed by atoms with Crippen LogP contribution in [-0.4, -0.2) is 34.8 Å². The molecule has 0 spiro atoms. The van der Waals surface area contributed by atoms with Crippen molar-refractivity contribution < 1.29 is 9.59 Å². The molecule has 0 aliphatic carbocycles. The Morgan fingerprint density at radius 3 is 2.38 bits per heavy atom. The van der Waals surface area contributed by atoms with Crippen LogP contribution < -0.4 is 0 Å². The second-order valence-corrected chi connectivity index (χ2v) is 6.33. The van der Waals surface area contributed by atoms with Gasteiger partial charge in [0.15, 0.2) is 0 Å². The Labute approximate surface area is 104 Å². The Balaban J connectivity index is 1.78. The zero-order chi connectivity index (χ0) is 11.4. The van der Waals surface area contributed by atoms with Gasteiger partial charge < -0.3 is 0 Å². The van der Waals surface area contributed by atoms with E-state index in [0.29, 0.717) is 19.4 Å². The number of thioether (sulfide) groups is 2. The van der Waals surface area contributed by atoms with Gasteiger partial charge >= 0.3 is 0 Å². The first-order valence-electron chi connectivity index (χ1n) is 5.56. The summed E-state index contributed by atoms with van der Waals surface area (Å²) in [6.45, 7) is 0.558. The minimum absolute atomic E-state index is 0.00708. The molecular weight excluding hydrogens is 242 g/mol. The maximum Gasteiger partial charge on any atom is 0.229 e. The van der Waals surface area contributed by atoms with E-state index in [4.69, 9.17) is 0 Å². The molecule has 0 radical (unpaired) electrons. The molecular formula is C11H15NO2S2. The predicted molar refractivity (Wildman–Crippen MR) is 68.2 cm³/mol. The van der Waals surface area contributed by atoms with Crippen molar-refractivity contribution in [3.63, 3.8) is 0 Å². The third kappa shape index (κ3) is 3.04. The Morgan fingerprint density at radius 2 is 1.75 bits per heavy atom. The van der Waals surface area contributed by atoms with Gasteiger partial charge in [-0.3, -0.25) is 14.5 Å². The van der Waals surface area contributed by atoms with Crippen LogP contribution in [0.1, 0.15) is 25.7 Å². The fourth-order valence-corrected chi connectivity index (χ4v) is 4.21. The molecule has 3 nitrogen and oxygen atoms in total. The van der Waals surface area contributed by atoms with Crippen molar-refractivity contribution in [3.8, 4) is 0 Å². The number of likely N-dealkylation sites (tertiary alicyclic amines) is 1. The summed E-state index contributed by atoms with van der Waals surface area (Å²) in [7, 11) is 0. The van der Waals surface area contributed by atoms with Gasteiger partial charge in [0.2, 0.25) is 11.8 Å². The van der Waals surface area contributed by atoms with Crippen LogP contribution in [0.25, 0.3) is 0 Å². The van der Waals surface area contributed by atoms with E-state index < -0.39 is 0 Å². The second kappa shape index (κ2) is 5.77. The monoisotopic (exact) mass is 257 g/mol. The molecule has 2 amide bonds. The molecule has 2 fully saturated rings. The summed E-state index contributed by atoms with van der Waals surface area (Å²) in [5.74, 6) is 2.38. The van der Waals surface area contributed by atoms with Crippen LogP contribution in [0.2, 0.25) is 0 Å². The molecule has 0 unspecified atom stereocenters. The molecule has 0 aromatic heterocycles. The molecule has 2 saturated heterocycles. The van der Waals surface area contributed by atoms with Crippen molar-refractivity contribution in [2.24, 2.45) is 0 Å². The van der Waals surface area contributed by atoms with Crippen molar-refractivity contribution in [2.75, 3.05) is 18.1 Å². The van der Waals surface area contributed by atoms with Gasteiger partial charge in [-0.25, -0.2) is 0 Å². The van der Waals surface area contributed by atoms with E-state index in [2.05, 4.69) is 6.08 Å². The van der Waals surface area contributed by atoms with Crippen LogP contribution >= 0.6 is 23.5 Å². The van der Waals surface area contributed by atoms with E-state index in [-0.39, 0.29) is 11.8 Å². The average Bonchev–Trinajstić information content (AvgIpc) is 2.62. The van der Waals surface area contributed by atoms with Gasteiger partial charge in [-0.05, 0) is 24.3 Å². The first-order valence-corrected chi connectivity index (χ1v) is 7.53. The van der Waals surface area contributed by atoms with Crippen molar-refractivity contribution in [3.05, 3.63) is 10.3 Å². The van der Waals surface area contributed by atoms with Crippen LogP contribution in [0.15, 0.2) is 10.3 Å². The van der Waals surface area contributed by atoms with Crippen molar-refractivity contribution in [2.45, 2.75) is 25.7 Å². The maximum atomic E-state index is 11.3. The molecule has 2 aliphatic rings. The lowest BCUT2D eigenvalue weighted by Gasteiger charge is -2.14. The third-order valence-electron chi connectivity index (χ3n) is 2.60. The molecule has 0 N–H and O–H groups in total. The molecule has 0 atom stereocenters. The topological polar surface area (TPSA) is 37.4 Å². The third-order valence-corrected chi connectivity index (χ3v) is 5.19. The van der Waals surface area contributed by atoms with Gasteiger partial charge in [-0.2, -0.15) is 0 Å². The highest BCUT2D eigenvalue weighted by atomic mass is 32.2. The molecule has 0 aromatic rings. The lowest BCUT2D eigenvalue weighted by atomic mass is 10.4. The van der Waals surface area contributed by atoms with Gasteiger partial charge in [0.1, 0.15) is 0 Å². The maximum absolute atomic E-state index is 11.3. The van der Waals surface area contributed by atoms with Gasteiger partial charge in [-0.1, -0.05) is 6.08 Å². The average molecular weight is 257 g/mol. The zero-order valence-electron chi connectivity index (χ0n) is 9.11. The summed E-state index contributed by atoms with van der Waals surface area (Å²) in [5, 5.41) is 0. The summed E-state index contributed by atoms with van der Waals surface area (Å²) >= 11 is 3.77. The summed E-state index contributed by atoms with van der Waals surface area (Å²) < 4.78 is 1.35. The van der Waals surface area contributed by atoms with Crippen molar-refractivity contribution in [1.82, 2.24) is 4.90 Å². The molecule has 5 heteroatoms. The van der Waals surface area contributed by atoms with Crippen LogP contribution in [-0.2, 0) is 9.59 Å². The van der Waals surface area contributed by atoms with Crippen LogP contribution in [0.3, 0.4) is 0 Å². The largest absolute Gasteiger partial charge is 0.282 e. The molecule has 0 aromatic carbocycles. The first kappa shape index (κ1) is 12.0. The lowest BCUT2D eigenvalue weighted by molar-refractivity contribution is -0.138. The molecule has 2 aliphatic heterocycles. The van der Waals surface area contributed by atoms with E-state index in [1.165, 1.54) is 27.1 Å². The SMILES string of the molecule is O=C1CCC(=O)N1CCC=C1SCCCS1. The highest BCUT2D eigenvalue weighted by Crippen LogP contribution is 2.34. The Bertz CT molecular complexity index is 304. The Kier molecular flexibility index (Phi) is 4.35. The number of carbonyl (C=O) groups excluding carboxylic acids is 2. The van der Waals surface area contributed by atoms with E-state index in [9.17, 15) is 9.59 Å². The predicted octanol–water partition coefficient (Wildman–Crippen LogP) is 2.24. The minimum atomic E-state index is -0.00708. The van der Waals surface area contributed by atoms with Crippen molar-refractivity contribution >= 4 is 35.3 Å². The quantitative estimate of drug-likeness (QED) is 0.727. The number of amides is 2. The number of carbonyl (C=O) groups is 2. The molecule has 2 heterocycles. The number of hydrogen-bond acceptors (Lipinski definition) is 4. The number of nitrogens with zero attached hydrogens (tertiary/aromatic N) is 1. The van der Waals surface area contributed by atoms with Crippen LogP contribution in [0.5, 0.6) is 0 Å². The molecule has 0 bridgehead atoms. The fraction of sp³-hybridized carbons (Fsp3) is 0.636. The standard InChI is InChI=1S/C11H15NO2S2/c13-9-4-5-10(14)12(9)6-1-3-11-15-7-2-8-16-11/h3H,1-2,4-8H2. The number of rotatable bonds is 3. The van der Waals surface area contributed by atoms with Crippen LogP contribution in [0.4, 0.5) is 0 Å². The summed E-state index contributed by atoms with van der Waals surface area (Å²) in [6.07, 6.45) is 5.04. The summed E-state index contributed by atoms with van der Waals surface area (Å²) in [5.41, 5.74) is 0. The number of hydrogen-bond donors (Lipinski definition) is 0. The molecule has 88 valence electrons. The van der Waals surface area contributed by atoms with E-state index in [0.717, 1.165) is 6.42 Å². The molecule has 2 rings (SSSR count). The summed E-state index contributed by atoms with van der Waals surface area (Å²) in [6, 6.07) is 0. The van der Waals surface area contributed by atoms with Gasteiger partial charge in [-0.15, -0.1) is 23.5 Å². The molecule has 0 saturated carbocycles.